The van der Waals surface area contributed by atoms with Crippen molar-refractivity contribution in [1.82, 2.24) is 10.2 Å². The monoisotopic (exact) mass is 302 g/mol. The van der Waals surface area contributed by atoms with Crippen LogP contribution < -0.4 is 5.32 Å². The van der Waals surface area contributed by atoms with E-state index in [1.807, 2.05) is 31.2 Å². The van der Waals surface area contributed by atoms with E-state index >= 15 is 0 Å². The maximum Gasteiger partial charge on any atom is 0.247 e. The Bertz CT molecular complexity index is 567. The van der Waals surface area contributed by atoms with Crippen LogP contribution in [0, 0.1) is 0 Å². The van der Waals surface area contributed by atoms with Gasteiger partial charge in [-0.3, -0.25) is 9.59 Å². The molecule has 0 bridgehead atoms. The summed E-state index contributed by atoms with van der Waals surface area (Å²) in [7, 11) is 0. The zero-order valence-corrected chi connectivity index (χ0v) is 12.9. The van der Waals surface area contributed by atoms with Crippen LogP contribution in [0.1, 0.15) is 36.9 Å². The third-order valence-electron chi connectivity index (χ3n) is 4.44. The first-order chi connectivity index (χ1) is 10.7. The molecule has 0 radical (unpaired) electrons. The highest BCUT2D eigenvalue weighted by atomic mass is 16.5. The minimum atomic E-state index is -0.524. The van der Waals surface area contributed by atoms with Crippen LogP contribution in [0.3, 0.4) is 0 Å². The van der Waals surface area contributed by atoms with Crippen LogP contribution in [0.4, 0.5) is 0 Å². The normalized spacial score (nSPS) is 24.2. The van der Waals surface area contributed by atoms with Gasteiger partial charge in [-0.1, -0.05) is 24.3 Å². The molecule has 0 unspecified atom stereocenters. The highest BCUT2D eigenvalue weighted by Crippen LogP contribution is 2.30. The Labute approximate surface area is 130 Å². The number of hydrogen-bond donors (Lipinski definition) is 1. The summed E-state index contributed by atoms with van der Waals surface area (Å²) in [5.41, 5.74) is 1.89. The van der Waals surface area contributed by atoms with Crippen molar-refractivity contribution in [3.8, 4) is 0 Å². The third-order valence-corrected chi connectivity index (χ3v) is 4.44. The molecule has 118 valence electrons. The molecule has 2 amide bonds. The molecule has 2 atom stereocenters. The van der Waals surface area contributed by atoms with Crippen molar-refractivity contribution in [2.45, 2.75) is 38.3 Å². The zero-order chi connectivity index (χ0) is 15.5. The van der Waals surface area contributed by atoms with Gasteiger partial charge < -0.3 is 15.0 Å². The first-order valence-corrected chi connectivity index (χ1v) is 7.97. The summed E-state index contributed by atoms with van der Waals surface area (Å²) in [6.07, 6.45) is 2.51. The molecule has 2 aliphatic heterocycles. The number of nitrogens with zero attached hydrogens (tertiary/aromatic N) is 1. The van der Waals surface area contributed by atoms with Crippen LogP contribution in [0.25, 0.3) is 0 Å². The SMILES string of the molecule is CCN1C(=O)Cc2ccccc2[C@@H]1C(=O)NC[C@@H]1CCCO1. The summed E-state index contributed by atoms with van der Waals surface area (Å²) in [6, 6.07) is 7.18. The third kappa shape index (κ3) is 2.86. The quantitative estimate of drug-likeness (QED) is 0.915. The molecule has 0 aromatic heterocycles. The standard InChI is InChI=1S/C17H22N2O3/c1-2-19-15(20)10-12-6-3-4-8-14(12)16(19)17(21)18-11-13-7-5-9-22-13/h3-4,6,8,13,16H,2,5,7,9-11H2,1H3,(H,18,21)/t13-,16+/m0/s1. The summed E-state index contributed by atoms with van der Waals surface area (Å²) in [5, 5.41) is 2.96. The Morgan fingerprint density at radius 3 is 2.95 bits per heavy atom. The van der Waals surface area contributed by atoms with Crippen LogP contribution in [0.2, 0.25) is 0 Å². The van der Waals surface area contributed by atoms with E-state index in [-0.39, 0.29) is 17.9 Å². The van der Waals surface area contributed by atoms with E-state index in [1.54, 1.807) is 4.90 Å². The van der Waals surface area contributed by atoms with Crippen molar-refractivity contribution in [1.29, 1.82) is 0 Å². The summed E-state index contributed by atoms with van der Waals surface area (Å²) in [4.78, 5) is 26.6. The van der Waals surface area contributed by atoms with Crippen molar-refractivity contribution >= 4 is 11.8 Å². The molecule has 22 heavy (non-hydrogen) atoms. The molecule has 0 aliphatic carbocycles. The lowest BCUT2D eigenvalue weighted by molar-refractivity contribution is -0.141. The van der Waals surface area contributed by atoms with Gasteiger partial charge in [-0.15, -0.1) is 0 Å². The number of hydrogen-bond acceptors (Lipinski definition) is 3. The molecular weight excluding hydrogens is 280 g/mol. The maximum absolute atomic E-state index is 12.7. The zero-order valence-electron chi connectivity index (χ0n) is 12.9. The van der Waals surface area contributed by atoms with E-state index < -0.39 is 6.04 Å². The van der Waals surface area contributed by atoms with Crippen LogP contribution >= 0.6 is 0 Å². The van der Waals surface area contributed by atoms with E-state index in [4.69, 9.17) is 4.74 Å². The fraction of sp³-hybridized carbons (Fsp3) is 0.529. The highest BCUT2D eigenvalue weighted by molar-refractivity contribution is 5.92. The molecule has 1 aromatic rings. The lowest BCUT2D eigenvalue weighted by atomic mass is 9.91. The van der Waals surface area contributed by atoms with Crippen LogP contribution in [-0.4, -0.2) is 42.5 Å². The van der Waals surface area contributed by atoms with E-state index in [2.05, 4.69) is 5.32 Å². The molecule has 1 aromatic carbocycles. The van der Waals surface area contributed by atoms with Gasteiger partial charge in [0.25, 0.3) is 0 Å². The van der Waals surface area contributed by atoms with Gasteiger partial charge >= 0.3 is 0 Å². The van der Waals surface area contributed by atoms with Crippen molar-refractivity contribution < 1.29 is 14.3 Å². The molecule has 0 spiro atoms. The smallest absolute Gasteiger partial charge is 0.247 e. The van der Waals surface area contributed by atoms with Gasteiger partial charge in [0.2, 0.25) is 11.8 Å². The Morgan fingerprint density at radius 2 is 2.23 bits per heavy atom. The predicted octanol–water partition coefficient (Wildman–Crippen LogP) is 1.43. The molecule has 1 N–H and O–H groups in total. The number of fused-ring (bicyclic) bond motifs is 1. The van der Waals surface area contributed by atoms with E-state index in [0.29, 0.717) is 19.5 Å². The molecule has 2 aliphatic rings. The number of nitrogens with one attached hydrogen (secondary N) is 1. The predicted molar refractivity (Wildman–Crippen MR) is 82.3 cm³/mol. The second-order valence-electron chi connectivity index (χ2n) is 5.84. The minimum absolute atomic E-state index is 0.0125. The van der Waals surface area contributed by atoms with Gasteiger partial charge in [-0.05, 0) is 30.9 Å². The van der Waals surface area contributed by atoms with Crippen LogP contribution in [0.5, 0.6) is 0 Å². The highest BCUT2D eigenvalue weighted by Gasteiger charge is 2.36. The van der Waals surface area contributed by atoms with Gasteiger partial charge in [0.05, 0.1) is 12.5 Å². The van der Waals surface area contributed by atoms with Gasteiger partial charge in [0.1, 0.15) is 6.04 Å². The average Bonchev–Trinajstić information content (AvgIpc) is 3.04. The number of ether oxygens (including phenoxy) is 1. The number of benzene rings is 1. The Balaban J connectivity index is 1.78. The molecule has 2 heterocycles. The van der Waals surface area contributed by atoms with E-state index in [1.165, 1.54) is 0 Å². The molecule has 0 saturated carbocycles. The number of rotatable bonds is 4. The largest absolute Gasteiger partial charge is 0.376 e. The number of amides is 2. The van der Waals surface area contributed by atoms with Crippen molar-refractivity contribution in [2.24, 2.45) is 0 Å². The first-order valence-electron chi connectivity index (χ1n) is 7.97. The summed E-state index contributed by atoms with van der Waals surface area (Å²) in [6.45, 7) is 3.73. The van der Waals surface area contributed by atoms with E-state index in [9.17, 15) is 9.59 Å². The van der Waals surface area contributed by atoms with Gasteiger partial charge in [-0.2, -0.15) is 0 Å². The topological polar surface area (TPSA) is 58.6 Å². The second kappa shape index (κ2) is 6.48. The Kier molecular flexibility index (Phi) is 4.43. The number of carbonyl (C=O) groups is 2. The van der Waals surface area contributed by atoms with Crippen molar-refractivity contribution in [3.63, 3.8) is 0 Å². The maximum atomic E-state index is 12.7. The fourth-order valence-corrected chi connectivity index (χ4v) is 3.30. The fourth-order valence-electron chi connectivity index (χ4n) is 3.30. The van der Waals surface area contributed by atoms with Crippen molar-refractivity contribution in [3.05, 3.63) is 35.4 Å². The molecular formula is C17H22N2O3. The Morgan fingerprint density at radius 1 is 1.41 bits per heavy atom. The molecule has 1 saturated heterocycles. The second-order valence-corrected chi connectivity index (χ2v) is 5.84. The lowest BCUT2D eigenvalue weighted by Crippen LogP contribution is -2.48. The first kappa shape index (κ1) is 15.0. The Hall–Kier alpha value is -1.88. The van der Waals surface area contributed by atoms with Crippen LogP contribution in [0.15, 0.2) is 24.3 Å². The molecule has 5 heteroatoms. The average molecular weight is 302 g/mol. The molecule has 3 rings (SSSR count). The lowest BCUT2D eigenvalue weighted by Gasteiger charge is -2.35. The van der Waals surface area contributed by atoms with Gasteiger partial charge in [0, 0.05) is 19.7 Å². The molecule has 1 fully saturated rings. The van der Waals surface area contributed by atoms with Crippen LogP contribution in [-0.2, 0) is 20.7 Å². The van der Waals surface area contributed by atoms with Crippen molar-refractivity contribution in [2.75, 3.05) is 19.7 Å². The van der Waals surface area contributed by atoms with E-state index in [0.717, 1.165) is 30.6 Å². The summed E-state index contributed by atoms with van der Waals surface area (Å²) >= 11 is 0. The van der Waals surface area contributed by atoms with Gasteiger partial charge in [-0.25, -0.2) is 0 Å². The molecule has 5 nitrogen and oxygen atoms in total. The summed E-state index contributed by atoms with van der Waals surface area (Å²) < 4.78 is 5.54. The summed E-state index contributed by atoms with van der Waals surface area (Å²) in [5.74, 6) is -0.101. The minimum Gasteiger partial charge on any atom is -0.376 e. The number of likely N-dealkylation sites (N-methyl/N-ethyl adjacent to an activating group) is 1. The van der Waals surface area contributed by atoms with Gasteiger partial charge in [0.15, 0.2) is 0 Å². The number of carbonyl (C=O) groups excluding carboxylic acids is 2.